The van der Waals surface area contributed by atoms with Crippen molar-refractivity contribution in [2.75, 3.05) is 37.7 Å². The molecule has 0 spiro atoms. The fourth-order valence-electron chi connectivity index (χ4n) is 3.45. The minimum absolute atomic E-state index is 0.0521. The van der Waals surface area contributed by atoms with Crippen molar-refractivity contribution in [2.45, 2.75) is 36.6 Å². The molecule has 0 saturated carbocycles. The van der Waals surface area contributed by atoms with Crippen LogP contribution in [0.4, 0.5) is 0 Å². The van der Waals surface area contributed by atoms with Gasteiger partial charge in [-0.15, -0.1) is 0 Å². The second-order valence-corrected chi connectivity index (χ2v) is 9.99. The number of likely N-dealkylation sites (tertiary alicyclic amines) is 1. The molecular weight excluding hydrogens is 364 g/mol. The Labute approximate surface area is 154 Å². The van der Waals surface area contributed by atoms with Crippen LogP contribution in [0.1, 0.15) is 25.7 Å². The van der Waals surface area contributed by atoms with E-state index in [1.54, 1.807) is 28.6 Å². The Hall–Kier alpha value is -0.270. The smallest absolute Gasteiger partial charge is 0.243 e. The first-order valence-corrected chi connectivity index (χ1v) is 11.6. The van der Waals surface area contributed by atoms with Crippen molar-refractivity contribution < 1.29 is 8.42 Å². The summed E-state index contributed by atoms with van der Waals surface area (Å²) in [6.07, 6.45) is 4.66. The Bertz CT molecular complexity index is 630. The molecule has 24 heavy (non-hydrogen) atoms. The normalized spacial score (nSPS) is 24.6. The maximum Gasteiger partial charge on any atom is 0.243 e. The number of sulfonamides is 1. The summed E-state index contributed by atoms with van der Waals surface area (Å²) in [4.78, 5) is 2.78. The lowest BCUT2D eigenvalue weighted by Gasteiger charge is -2.35. The van der Waals surface area contributed by atoms with Gasteiger partial charge in [0.1, 0.15) is 0 Å². The maximum absolute atomic E-state index is 13.2. The minimum atomic E-state index is -3.47. The van der Waals surface area contributed by atoms with Gasteiger partial charge in [-0.1, -0.05) is 18.0 Å². The molecule has 2 saturated heterocycles. The molecule has 1 atom stereocenters. The van der Waals surface area contributed by atoms with Crippen molar-refractivity contribution >= 4 is 33.4 Å². The average Bonchev–Trinajstić information content (AvgIpc) is 2.82. The standard InChI is InChI=1S/C17H25ClN2O2S2/c18-15-5-7-17(8-6-15)24(21,22)20-11-4-12-23-14-16(20)13-19-9-2-1-3-10-19/h5-8,16H,1-4,9-14H2. The quantitative estimate of drug-likeness (QED) is 0.793. The molecule has 2 heterocycles. The minimum Gasteiger partial charge on any atom is -0.302 e. The topological polar surface area (TPSA) is 40.6 Å². The van der Waals surface area contributed by atoms with E-state index in [4.69, 9.17) is 11.6 Å². The summed E-state index contributed by atoms with van der Waals surface area (Å²) >= 11 is 7.79. The van der Waals surface area contributed by atoms with E-state index in [9.17, 15) is 8.42 Å². The molecule has 2 fully saturated rings. The van der Waals surface area contributed by atoms with Gasteiger partial charge in [-0.3, -0.25) is 0 Å². The first kappa shape index (κ1) is 18.5. The summed E-state index contributed by atoms with van der Waals surface area (Å²) in [5, 5.41) is 0.560. The second-order valence-electron chi connectivity index (χ2n) is 6.51. The molecule has 0 amide bonds. The Kier molecular flexibility index (Phi) is 6.49. The predicted molar refractivity (Wildman–Crippen MR) is 101 cm³/mol. The molecule has 0 bridgehead atoms. The second kappa shape index (κ2) is 8.41. The summed E-state index contributed by atoms with van der Waals surface area (Å²) in [6.45, 7) is 3.64. The van der Waals surface area contributed by atoms with Gasteiger partial charge in [0.05, 0.1) is 4.90 Å². The molecule has 0 radical (unpaired) electrons. The van der Waals surface area contributed by atoms with E-state index in [1.165, 1.54) is 19.3 Å². The van der Waals surface area contributed by atoms with Crippen LogP contribution in [-0.4, -0.2) is 61.3 Å². The van der Waals surface area contributed by atoms with Gasteiger partial charge in [-0.05, 0) is 62.4 Å². The van der Waals surface area contributed by atoms with Gasteiger partial charge in [0.25, 0.3) is 0 Å². The molecule has 4 nitrogen and oxygen atoms in total. The summed E-state index contributed by atoms with van der Waals surface area (Å²) < 4.78 is 28.1. The zero-order chi connectivity index (χ0) is 17.0. The van der Waals surface area contributed by atoms with Crippen LogP contribution in [0.25, 0.3) is 0 Å². The van der Waals surface area contributed by atoms with Crippen LogP contribution in [0.2, 0.25) is 5.02 Å². The first-order chi connectivity index (χ1) is 11.6. The zero-order valence-corrected chi connectivity index (χ0v) is 16.3. The van der Waals surface area contributed by atoms with E-state index >= 15 is 0 Å². The average molecular weight is 389 g/mol. The van der Waals surface area contributed by atoms with Gasteiger partial charge in [0.2, 0.25) is 10.0 Å². The number of thioether (sulfide) groups is 1. The summed E-state index contributed by atoms with van der Waals surface area (Å²) in [6, 6.07) is 6.60. The van der Waals surface area contributed by atoms with E-state index < -0.39 is 10.0 Å². The molecule has 1 unspecified atom stereocenters. The lowest BCUT2D eigenvalue weighted by Crippen LogP contribution is -2.49. The molecule has 1 aromatic carbocycles. The van der Waals surface area contributed by atoms with Crippen molar-refractivity contribution in [3.05, 3.63) is 29.3 Å². The van der Waals surface area contributed by atoms with E-state index in [0.717, 1.165) is 37.6 Å². The monoisotopic (exact) mass is 388 g/mol. The zero-order valence-electron chi connectivity index (χ0n) is 13.9. The van der Waals surface area contributed by atoms with Gasteiger partial charge in [-0.2, -0.15) is 16.1 Å². The van der Waals surface area contributed by atoms with Gasteiger partial charge in [0, 0.05) is 29.9 Å². The van der Waals surface area contributed by atoms with Crippen LogP contribution < -0.4 is 0 Å². The molecular formula is C17H25ClN2O2S2. The highest BCUT2D eigenvalue weighted by Gasteiger charge is 2.33. The van der Waals surface area contributed by atoms with Gasteiger partial charge < -0.3 is 4.90 Å². The Balaban J connectivity index is 1.81. The Morgan fingerprint density at radius 1 is 1.04 bits per heavy atom. The third-order valence-corrected chi connectivity index (χ3v) is 8.14. The molecule has 3 rings (SSSR count). The third kappa shape index (κ3) is 4.47. The highest BCUT2D eigenvalue weighted by molar-refractivity contribution is 7.99. The number of benzene rings is 1. The van der Waals surface area contributed by atoms with E-state index in [0.29, 0.717) is 16.5 Å². The van der Waals surface area contributed by atoms with Crippen LogP contribution in [0, 0.1) is 0 Å². The SMILES string of the molecule is O=S(=O)(c1ccc(Cl)cc1)N1CCCSCC1CN1CCCCC1. The number of piperidine rings is 1. The third-order valence-electron chi connectivity index (χ3n) is 4.72. The van der Waals surface area contributed by atoms with Crippen molar-refractivity contribution in [2.24, 2.45) is 0 Å². The largest absolute Gasteiger partial charge is 0.302 e. The molecule has 2 aliphatic rings. The highest BCUT2D eigenvalue weighted by atomic mass is 35.5. The van der Waals surface area contributed by atoms with E-state index in [-0.39, 0.29) is 6.04 Å². The van der Waals surface area contributed by atoms with Crippen molar-refractivity contribution in [3.8, 4) is 0 Å². The van der Waals surface area contributed by atoms with Crippen molar-refractivity contribution in [1.82, 2.24) is 9.21 Å². The summed E-state index contributed by atoms with van der Waals surface area (Å²) in [7, 11) is -3.47. The van der Waals surface area contributed by atoms with Crippen molar-refractivity contribution in [3.63, 3.8) is 0 Å². The molecule has 0 N–H and O–H groups in total. The molecule has 134 valence electrons. The van der Waals surface area contributed by atoms with Gasteiger partial charge in [0.15, 0.2) is 0 Å². The van der Waals surface area contributed by atoms with Crippen LogP contribution >= 0.6 is 23.4 Å². The molecule has 2 aliphatic heterocycles. The number of nitrogens with zero attached hydrogens (tertiary/aromatic N) is 2. The van der Waals surface area contributed by atoms with Gasteiger partial charge >= 0.3 is 0 Å². The lowest BCUT2D eigenvalue weighted by atomic mass is 10.1. The molecule has 0 aromatic heterocycles. The van der Waals surface area contributed by atoms with Crippen molar-refractivity contribution in [1.29, 1.82) is 0 Å². The number of halogens is 1. The molecule has 0 aliphatic carbocycles. The summed E-state index contributed by atoms with van der Waals surface area (Å²) in [5.41, 5.74) is 0. The predicted octanol–water partition coefficient (Wildman–Crippen LogP) is 3.32. The maximum atomic E-state index is 13.2. The van der Waals surface area contributed by atoms with Gasteiger partial charge in [-0.25, -0.2) is 8.42 Å². The van der Waals surface area contributed by atoms with Crippen LogP contribution in [0.5, 0.6) is 0 Å². The van der Waals surface area contributed by atoms with Crippen LogP contribution in [-0.2, 0) is 10.0 Å². The summed E-state index contributed by atoms with van der Waals surface area (Å²) in [5.74, 6) is 1.91. The molecule has 7 heteroatoms. The van der Waals surface area contributed by atoms with E-state index in [1.807, 2.05) is 11.8 Å². The number of hydrogen-bond acceptors (Lipinski definition) is 4. The number of rotatable bonds is 4. The van der Waals surface area contributed by atoms with Crippen LogP contribution in [0.15, 0.2) is 29.2 Å². The fourth-order valence-corrected chi connectivity index (χ4v) is 6.38. The number of hydrogen-bond donors (Lipinski definition) is 0. The first-order valence-electron chi connectivity index (χ1n) is 8.65. The van der Waals surface area contributed by atoms with Crippen LogP contribution in [0.3, 0.4) is 0 Å². The Morgan fingerprint density at radius 2 is 1.75 bits per heavy atom. The van der Waals surface area contributed by atoms with E-state index in [2.05, 4.69) is 4.90 Å². The highest BCUT2D eigenvalue weighted by Crippen LogP contribution is 2.26. The fraction of sp³-hybridized carbons (Fsp3) is 0.647. The lowest BCUT2D eigenvalue weighted by molar-refractivity contribution is 0.183. The molecule has 1 aromatic rings. The Morgan fingerprint density at radius 3 is 2.46 bits per heavy atom.